The molecule has 1 heterocycles. The Labute approximate surface area is 129 Å². The smallest absolute Gasteiger partial charge is 0.147 e. The molecule has 1 aromatic rings. The minimum atomic E-state index is -2.82. The third-order valence-corrected chi connectivity index (χ3v) is 5.33. The standard InChI is InChI=1S/C17H27NO2S/c1-3-8-17-16-10-5-4-9-15(16)11-13-18(17)12-6-7-14-21(2,19)20/h4-5,9-10,17H,3,6-8,11-14H2,1-2H3/t17-/m1/s1. The fourth-order valence-electron chi connectivity index (χ4n) is 3.26. The van der Waals surface area contributed by atoms with Crippen molar-refractivity contribution >= 4 is 9.84 Å². The van der Waals surface area contributed by atoms with E-state index in [-0.39, 0.29) is 0 Å². The van der Waals surface area contributed by atoms with E-state index >= 15 is 0 Å². The van der Waals surface area contributed by atoms with E-state index in [0.29, 0.717) is 11.8 Å². The fourth-order valence-corrected chi connectivity index (χ4v) is 3.99. The number of sulfone groups is 1. The second-order valence-corrected chi connectivity index (χ2v) is 8.39. The zero-order chi connectivity index (χ0) is 15.3. The SMILES string of the molecule is CCC[C@@H]1c2ccccc2CCN1CCCCS(C)(=O)=O. The van der Waals surface area contributed by atoms with Crippen molar-refractivity contribution in [3.8, 4) is 0 Å². The topological polar surface area (TPSA) is 37.4 Å². The number of hydrogen-bond donors (Lipinski definition) is 0. The molecule has 0 unspecified atom stereocenters. The van der Waals surface area contributed by atoms with Crippen molar-refractivity contribution in [2.45, 2.75) is 45.1 Å². The number of hydrogen-bond acceptors (Lipinski definition) is 3. The predicted octanol–water partition coefficient (Wildman–Crippen LogP) is 3.21. The summed E-state index contributed by atoms with van der Waals surface area (Å²) in [4.78, 5) is 2.55. The van der Waals surface area contributed by atoms with E-state index in [2.05, 4.69) is 36.1 Å². The van der Waals surface area contributed by atoms with Crippen LogP contribution in [0.4, 0.5) is 0 Å². The number of fused-ring (bicyclic) bond motifs is 1. The first-order chi connectivity index (χ1) is 10.0. The molecule has 4 heteroatoms. The average molecular weight is 309 g/mol. The summed E-state index contributed by atoms with van der Waals surface area (Å²) in [6, 6.07) is 9.29. The summed E-state index contributed by atoms with van der Waals surface area (Å²) in [6.07, 6.45) is 6.54. The Morgan fingerprint density at radius 2 is 2.00 bits per heavy atom. The van der Waals surface area contributed by atoms with Gasteiger partial charge in [-0.3, -0.25) is 4.90 Å². The van der Waals surface area contributed by atoms with Crippen LogP contribution in [0, 0.1) is 0 Å². The highest BCUT2D eigenvalue weighted by molar-refractivity contribution is 7.90. The monoisotopic (exact) mass is 309 g/mol. The highest BCUT2D eigenvalue weighted by Gasteiger charge is 2.25. The Hall–Kier alpha value is -0.870. The number of rotatable bonds is 7. The molecule has 2 rings (SSSR count). The van der Waals surface area contributed by atoms with Crippen molar-refractivity contribution in [3.63, 3.8) is 0 Å². The van der Waals surface area contributed by atoms with Gasteiger partial charge in [0, 0.05) is 24.6 Å². The highest BCUT2D eigenvalue weighted by Crippen LogP contribution is 2.33. The van der Waals surface area contributed by atoms with E-state index in [4.69, 9.17) is 0 Å². The Morgan fingerprint density at radius 3 is 2.71 bits per heavy atom. The molecule has 1 atom stereocenters. The van der Waals surface area contributed by atoms with Gasteiger partial charge in [0.05, 0.1) is 0 Å². The first kappa shape index (κ1) is 16.5. The van der Waals surface area contributed by atoms with E-state index in [0.717, 1.165) is 32.4 Å². The molecule has 1 aromatic carbocycles. The van der Waals surface area contributed by atoms with Gasteiger partial charge in [0.1, 0.15) is 9.84 Å². The van der Waals surface area contributed by atoms with E-state index in [9.17, 15) is 8.42 Å². The van der Waals surface area contributed by atoms with Crippen molar-refractivity contribution < 1.29 is 8.42 Å². The summed E-state index contributed by atoms with van der Waals surface area (Å²) in [6.45, 7) is 4.34. The normalized spacial score (nSPS) is 19.4. The van der Waals surface area contributed by atoms with Gasteiger partial charge in [-0.15, -0.1) is 0 Å². The number of unbranched alkanes of at least 4 members (excludes halogenated alkanes) is 1. The molecular formula is C17H27NO2S. The Kier molecular flexibility index (Phi) is 5.82. The van der Waals surface area contributed by atoms with Crippen LogP contribution in [-0.4, -0.2) is 38.4 Å². The molecule has 0 fully saturated rings. The number of benzene rings is 1. The van der Waals surface area contributed by atoms with E-state index < -0.39 is 9.84 Å². The quantitative estimate of drug-likeness (QED) is 0.726. The van der Waals surface area contributed by atoms with Crippen molar-refractivity contribution in [2.24, 2.45) is 0 Å². The van der Waals surface area contributed by atoms with Crippen LogP contribution in [0.5, 0.6) is 0 Å². The lowest BCUT2D eigenvalue weighted by Crippen LogP contribution is -2.36. The minimum Gasteiger partial charge on any atom is -0.296 e. The van der Waals surface area contributed by atoms with Gasteiger partial charge < -0.3 is 0 Å². The van der Waals surface area contributed by atoms with Gasteiger partial charge in [0.15, 0.2) is 0 Å². The zero-order valence-electron chi connectivity index (χ0n) is 13.2. The molecule has 118 valence electrons. The van der Waals surface area contributed by atoms with Crippen LogP contribution in [-0.2, 0) is 16.3 Å². The molecule has 21 heavy (non-hydrogen) atoms. The molecule has 0 amide bonds. The van der Waals surface area contributed by atoms with Crippen LogP contribution in [0.25, 0.3) is 0 Å². The molecule has 0 aromatic heterocycles. The molecule has 0 saturated carbocycles. The van der Waals surface area contributed by atoms with Gasteiger partial charge in [-0.1, -0.05) is 37.6 Å². The maximum Gasteiger partial charge on any atom is 0.147 e. The molecule has 3 nitrogen and oxygen atoms in total. The van der Waals surface area contributed by atoms with Gasteiger partial charge in [0.25, 0.3) is 0 Å². The Bertz CT molecular complexity index is 554. The second kappa shape index (κ2) is 7.41. The summed E-state index contributed by atoms with van der Waals surface area (Å²) >= 11 is 0. The highest BCUT2D eigenvalue weighted by atomic mass is 32.2. The third kappa shape index (κ3) is 4.82. The van der Waals surface area contributed by atoms with Crippen LogP contribution in [0.2, 0.25) is 0 Å². The van der Waals surface area contributed by atoms with Gasteiger partial charge >= 0.3 is 0 Å². The minimum absolute atomic E-state index is 0.315. The van der Waals surface area contributed by atoms with Crippen molar-refractivity contribution in [3.05, 3.63) is 35.4 Å². The molecule has 0 bridgehead atoms. The summed E-state index contributed by atoms with van der Waals surface area (Å²) in [5.74, 6) is 0.315. The molecule has 0 N–H and O–H groups in total. The maximum absolute atomic E-state index is 11.2. The van der Waals surface area contributed by atoms with Crippen LogP contribution < -0.4 is 0 Å². The lowest BCUT2D eigenvalue weighted by molar-refractivity contribution is 0.172. The van der Waals surface area contributed by atoms with E-state index in [1.54, 1.807) is 0 Å². The van der Waals surface area contributed by atoms with Crippen molar-refractivity contribution in [1.82, 2.24) is 4.90 Å². The van der Waals surface area contributed by atoms with Crippen LogP contribution in [0.15, 0.2) is 24.3 Å². The first-order valence-corrected chi connectivity index (χ1v) is 10.1. The Balaban J connectivity index is 1.96. The van der Waals surface area contributed by atoms with Crippen molar-refractivity contribution in [2.75, 3.05) is 25.1 Å². The fraction of sp³-hybridized carbons (Fsp3) is 0.647. The molecule has 0 saturated heterocycles. The molecule has 0 spiro atoms. The number of nitrogens with zero attached hydrogens (tertiary/aromatic N) is 1. The van der Waals surface area contributed by atoms with Crippen LogP contribution in [0.1, 0.15) is 49.8 Å². The molecule has 1 aliphatic heterocycles. The summed E-state index contributed by atoms with van der Waals surface area (Å²) < 4.78 is 22.4. The maximum atomic E-state index is 11.2. The van der Waals surface area contributed by atoms with Gasteiger partial charge in [-0.2, -0.15) is 0 Å². The molecule has 1 aliphatic rings. The lowest BCUT2D eigenvalue weighted by Gasteiger charge is -2.37. The van der Waals surface area contributed by atoms with E-state index in [1.807, 2.05) is 0 Å². The van der Waals surface area contributed by atoms with Gasteiger partial charge in [0.2, 0.25) is 0 Å². The van der Waals surface area contributed by atoms with Crippen LogP contribution >= 0.6 is 0 Å². The summed E-state index contributed by atoms with van der Waals surface area (Å²) in [5, 5.41) is 0. The van der Waals surface area contributed by atoms with Crippen molar-refractivity contribution in [1.29, 1.82) is 0 Å². The lowest BCUT2D eigenvalue weighted by atomic mass is 9.90. The summed E-state index contributed by atoms with van der Waals surface area (Å²) in [5.41, 5.74) is 2.97. The third-order valence-electron chi connectivity index (χ3n) is 4.30. The van der Waals surface area contributed by atoms with Crippen LogP contribution in [0.3, 0.4) is 0 Å². The largest absolute Gasteiger partial charge is 0.296 e. The van der Waals surface area contributed by atoms with Gasteiger partial charge in [-0.05, 0) is 43.4 Å². The summed E-state index contributed by atoms with van der Waals surface area (Å²) in [7, 11) is -2.82. The van der Waals surface area contributed by atoms with E-state index in [1.165, 1.54) is 30.2 Å². The average Bonchev–Trinajstić information content (AvgIpc) is 2.44. The predicted molar refractivity (Wildman–Crippen MR) is 88.3 cm³/mol. The molecular weight excluding hydrogens is 282 g/mol. The molecule has 0 aliphatic carbocycles. The van der Waals surface area contributed by atoms with Gasteiger partial charge in [-0.25, -0.2) is 8.42 Å². The Morgan fingerprint density at radius 1 is 1.24 bits per heavy atom. The zero-order valence-corrected chi connectivity index (χ0v) is 14.0. The first-order valence-electron chi connectivity index (χ1n) is 8.01. The second-order valence-electron chi connectivity index (χ2n) is 6.13. The molecule has 0 radical (unpaired) electrons.